The van der Waals surface area contributed by atoms with Gasteiger partial charge in [-0.3, -0.25) is 0 Å². The normalized spacial score (nSPS) is 21.8. The van der Waals surface area contributed by atoms with Gasteiger partial charge in [-0.2, -0.15) is 11.8 Å². The Morgan fingerprint density at radius 1 is 1.00 bits per heavy atom. The van der Waals surface area contributed by atoms with E-state index in [4.69, 9.17) is 4.74 Å². The summed E-state index contributed by atoms with van der Waals surface area (Å²) in [5.41, 5.74) is 1.18. The van der Waals surface area contributed by atoms with E-state index in [-0.39, 0.29) is 0 Å². The summed E-state index contributed by atoms with van der Waals surface area (Å²) in [6.45, 7) is 2.31. The van der Waals surface area contributed by atoms with E-state index in [1.165, 1.54) is 24.3 Å². The Bertz CT molecular complexity index is 555. The lowest BCUT2D eigenvalue weighted by atomic mass is 10.1. The molecule has 1 aliphatic heterocycles. The van der Waals surface area contributed by atoms with Crippen molar-refractivity contribution >= 4 is 17.4 Å². The highest BCUT2D eigenvalue weighted by Crippen LogP contribution is 2.29. The minimum Gasteiger partial charge on any atom is -0.457 e. The molecule has 0 radical (unpaired) electrons. The van der Waals surface area contributed by atoms with E-state index in [1.54, 1.807) is 0 Å². The minimum atomic E-state index is 0.574. The zero-order valence-corrected chi connectivity index (χ0v) is 13.1. The number of thioether (sulfide) groups is 1. The Morgan fingerprint density at radius 3 is 2.43 bits per heavy atom. The molecule has 0 amide bonds. The maximum atomic E-state index is 5.81. The van der Waals surface area contributed by atoms with Crippen molar-refractivity contribution in [2.75, 3.05) is 11.1 Å². The quantitative estimate of drug-likeness (QED) is 0.841. The average molecular weight is 299 g/mol. The molecule has 2 aromatic carbocycles. The van der Waals surface area contributed by atoms with Crippen molar-refractivity contribution in [3.05, 3.63) is 54.6 Å². The fourth-order valence-corrected chi connectivity index (χ4v) is 3.71. The zero-order chi connectivity index (χ0) is 14.5. The van der Waals surface area contributed by atoms with Gasteiger partial charge in [0.15, 0.2) is 0 Å². The molecule has 21 heavy (non-hydrogen) atoms. The molecule has 1 N–H and O–H groups in total. The van der Waals surface area contributed by atoms with E-state index >= 15 is 0 Å². The first-order chi connectivity index (χ1) is 10.3. The third-order valence-corrected chi connectivity index (χ3v) is 5.17. The molecule has 1 saturated heterocycles. The molecule has 0 spiro atoms. The Kier molecular flexibility index (Phi) is 4.71. The lowest BCUT2D eigenvalue weighted by molar-refractivity contribution is 0.482. The Morgan fingerprint density at radius 2 is 1.71 bits per heavy atom. The summed E-state index contributed by atoms with van der Waals surface area (Å²) >= 11 is 2.06. The van der Waals surface area contributed by atoms with Crippen LogP contribution in [0.4, 0.5) is 5.69 Å². The number of para-hydroxylation sites is 1. The number of ether oxygens (including phenoxy) is 1. The highest BCUT2D eigenvalue weighted by atomic mass is 32.2. The summed E-state index contributed by atoms with van der Waals surface area (Å²) in [6.07, 6.45) is 2.57. The van der Waals surface area contributed by atoms with Crippen LogP contribution in [0.1, 0.15) is 19.8 Å². The first kappa shape index (κ1) is 14.3. The molecule has 2 aromatic rings. The highest BCUT2D eigenvalue weighted by Gasteiger charge is 2.21. The molecule has 1 aliphatic rings. The molecule has 2 unspecified atom stereocenters. The van der Waals surface area contributed by atoms with Gasteiger partial charge in [-0.25, -0.2) is 0 Å². The number of rotatable bonds is 4. The summed E-state index contributed by atoms with van der Waals surface area (Å²) in [7, 11) is 0. The van der Waals surface area contributed by atoms with E-state index < -0.39 is 0 Å². The molecule has 0 bridgehead atoms. The number of anilines is 1. The van der Waals surface area contributed by atoms with Gasteiger partial charge in [0, 0.05) is 17.0 Å². The van der Waals surface area contributed by atoms with Gasteiger partial charge < -0.3 is 10.1 Å². The van der Waals surface area contributed by atoms with E-state index in [2.05, 4.69) is 36.1 Å². The second-order valence-electron chi connectivity index (χ2n) is 5.41. The summed E-state index contributed by atoms with van der Waals surface area (Å²) in [4.78, 5) is 0. The van der Waals surface area contributed by atoms with Crippen molar-refractivity contribution < 1.29 is 4.74 Å². The molecule has 0 aliphatic carbocycles. The summed E-state index contributed by atoms with van der Waals surface area (Å²) in [5.74, 6) is 3.04. The number of hydrogen-bond donors (Lipinski definition) is 1. The molecule has 0 aromatic heterocycles. The van der Waals surface area contributed by atoms with E-state index in [9.17, 15) is 0 Å². The van der Waals surface area contributed by atoms with Crippen molar-refractivity contribution in [1.29, 1.82) is 0 Å². The number of nitrogens with one attached hydrogen (secondary N) is 1. The van der Waals surface area contributed by atoms with Crippen molar-refractivity contribution in [3.63, 3.8) is 0 Å². The fraction of sp³-hybridized carbons (Fsp3) is 0.333. The van der Waals surface area contributed by atoms with Crippen LogP contribution in [-0.4, -0.2) is 17.0 Å². The smallest absolute Gasteiger partial charge is 0.127 e. The maximum absolute atomic E-state index is 5.81. The van der Waals surface area contributed by atoms with Gasteiger partial charge in [0.25, 0.3) is 0 Å². The van der Waals surface area contributed by atoms with Crippen LogP contribution >= 0.6 is 11.8 Å². The van der Waals surface area contributed by atoms with Crippen LogP contribution in [0, 0.1) is 0 Å². The predicted molar refractivity (Wildman–Crippen MR) is 91.5 cm³/mol. The Labute approximate surface area is 130 Å². The van der Waals surface area contributed by atoms with Crippen LogP contribution in [0.15, 0.2) is 54.6 Å². The van der Waals surface area contributed by atoms with Crippen molar-refractivity contribution in [2.24, 2.45) is 0 Å². The monoisotopic (exact) mass is 299 g/mol. The molecular weight excluding hydrogens is 278 g/mol. The molecule has 1 heterocycles. The second-order valence-corrected chi connectivity index (χ2v) is 6.89. The molecule has 0 saturated carbocycles. The van der Waals surface area contributed by atoms with Gasteiger partial charge >= 0.3 is 0 Å². The predicted octanol–water partition coefficient (Wildman–Crippen LogP) is 5.17. The second kappa shape index (κ2) is 6.90. The summed E-state index contributed by atoms with van der Waals surface area (Å²) in [6, 6.07) is 18.7. The lowest BCUT2D eigenvalue weighted by Crippen LogP contribution is -2.32. The van der Waals surface area contributed by atoms with Crippen LogP contribution in [0.5, 0.6) is 11.5 Å². The van der Waals surface area contributed by atoms with Crippen LogP contribution in [-0.2, 0) is 0 Å². The van der Waals surface area contributed by atoms with Gasteiger partial charge in [-0.05, 0) is 55.0 Å². The van der Waals surface area contributed by atoms with E-state index in [1.807, 2.05) is 42.5 Å². The number of hydrogen-bond acceptors (Lipinski definition) is 3. The molecule has 3 heteroatoms. The molecule has 110 valence electrons. The molecule has 2 nitrogen and oxygen atoms in total. The number of benzene rings is 2. The standard InChI is InChI=1S/C18H21NOS/c1-14-18(8-5-13-21-14)19-15-9-11-17(12-10-15)20-16-6-3-2-4-7-16/h2-4,6-7,9-12,14,18-19H,5,8,13H2,1H3. The van der Waals surface area contributed by atoms with Crippen LogP contribution in [0.2, 0.25) is 0 Å². The third kappa shape index (κ3) is 3.94. The zero-order valence-electron chi connectivity index (χ0n) is 12.3. The lowest BCUT2D eigenvalue weighted by Gasteiger charge is -2.30. The first-order valence-corrected chi connectivity index (χ1v) is 8.57. The Balaban J connectivity index is 1.61. The van der Waals surface area contributed by atoms with Gasteiger partial charge in [0.2, 0.25) is 0 Å². The van der Waals surface area contributed by atoms with Gasteiger partial charge in [-0.1, -0.05) is 25.1 Å². The topological polar surface area (TPSA) is 21.3 Å². The molecule has 3 rings (SSSR count). The fourth-order valence-electron chi connectivity index (χ4n) is 2.57. The van der Waals surface area contributed by atoms with Crippen LogP contribution in [0.3, 0.4) is 0 Å². The first-order valence-electron chi connectivity index (χ1n) is 7.52. The average Bonchev–Trinajstić information content (AvgIpc) is 2.52. The molecular formula is C18H21NOS. The van der Waals surface area contributed by atoms with Crippen molar-refractivity contribution in [2.45, 2.75) is 31.1 Å². The third-order valence-electron chi connectivity index (χ3n) is 3.79. The van der Waals surface area contributed by atoms with Crippen molar-refractivity contribution in [3.8, 4) is 11.5 Å². The molecule has 1 fully saturated rings. The van der Waals surface area contributed by atoms with E-state index in [0.29, 0.717) is 11.3 Å². The van der Waals surface area contributed by atoms with Gasteiger partial charge in [0.05, 0.1) is 0 Å². The largest absolute Gasteiger partial charge is 0.457 e. The molecule has 2 atom stereocenters. The van der Waals surface area contributed by atoms with E-state index in [0.717, 1.165) is 11.5 Å². The van der Waals surface area contributed by atoms with Crippen LogP contribution in [0.25, 0.3) is 0 Å². The SMILES string of the molecule is CC1SCCCC1Nc1ccc(Oc2ccccc2)cc1. The van der Waals surface area contributed by atoms with Crippen LogP contribution < -0.4 is 10.1 Å². The Hall–Kier alpha value is -1.61. The van der Waals surface area contributed by atoms with Gasteiger partial charge in [0.1, 0.15) is 11.5 Å². The summed E-state index contributed by atoms with van der Waals surface area (Å²) < 4.78 is 5.81. The summed E-state index contributed by atoms with van der Waals surface area (Å²) in [5, 5.41) is 4.32. The van der Waals surface area contributed by atoms with Gasteiger partial charge in [-0.15, -0.1) is 0 Å². The highest BCUT2D eigenvalue weighted by molar-refractivity contribution is 8.00. The minimum absolute atomic E-state index is 0.574. The van der Waals surface area contributed by atoms with Crippen molar-refractivity contribution in [1.82, 2.24) is 0 Å². The maximum Gasteiger partial charge on any atom is 0.127 e.